The highest BCUT2D eigenvalue weighted by atomic mass is 35.5. The molecule has 28 heavy (non-hydrogen) atoms. The normalized spacial score (nSPS) is 14.0. The van der Waals surface area contributed by atoms with Crippen LogP contribution in [0.5, 0.6) is 5.75 Å². The van der Waals surface area contributed by atoms with Crippen LogP contribution in [0.3, 0.4) is 0 Å². The molecule has 1 aromatic heterocycles. The number of hydrogen-bond donors (Lipinski definition) is 1. The van der Waals surface area contributed by atoms with Gasteiger partial charge in [-0.25, -0.2) is 9.37 Å². The summed E-state index contributed by atoms with van der Waals surface area (Å²) in [5.41, 5.74) is 1.27. The monoisotopic (exact) mass is 418 g/mol. The van der Waals surface area contributed by atoms with Crippen molar-refractivity contribution in [1.29, 1.82) is 0 Å². The fourth-order valence-electron chi connectivity index (χ4n) is 3.24. The summed E-state index contributed by atoms with van der Waals surface area (Å²) in [6.45, 7) is 0. The van der Waals surface area contributed by atoms with E-state index in [0.717, 1.165) is 36.7 Å². The zero-order valence-electron chi connectivity index (χ0n) is 14.9. The average Bonchev–Trinajstić information content (AvgIpc) is 2.99. The van der Waals surface area contributed by atoms with E-state index in [1.54, 1.807) is 12.1 Å². The smallest absolute Gasteiger partial charge is 0.260 e. The number of nitrogens with zero attached hydrogens (tertiary/aromatic N) is 1. The van der Waals surface area contributed by atoms with Crippen LogP contribution in [0.25, 0.3) is 10.2 Å². The van der Waals surface area contributed by atoms with Crippen molar-refractivity contribution in [2.75, 3.05) is 12.4 Å². The topological polar surface area (TPSA) is 68.3 Å². The predicted molar refractivity (Wildman–Crippen MR) is 107 cm³/mol. The lowest BCUT2D eigenvalue weighted by atomic mass is 9.79. The summed E-state index contributed by atoms with van der Waals surface area (Å²) in [5, 5.41) is 2.68. The second kappa shape index (κ2) is 7.48. The van der Waals surface area contributed by atoms with E-state index >= 15 is 0 Å². The molecule has 3 aromatic rings. The zero-order valence-corrected chi connectivity index (χ0v) is 16.5. The number of carbonyl (C=O) groups is 2. The number of carbonyl (C=O) groups excluding carboxylic acids is 2. The van der Waals surface area contributed by atoms with E-state index in [1.165, 1.54) is 19.2 Å². The third-order valence-corrected chi connectivity index (χ3v) is 6.10. The van der Waals surface area contributed by atoms with Gasteiger partial charge in [-0.15, -0.1) is 11.3 Å². The van der Waals surface area contributed by atoms with Crippen molar-refractivity contribution in [3.8, 4) is 5.75 Å². The number of halogens is 2. The van der Waals surface area contributed by atoms with Gasteiger partial charge in [0.15, 0.2) is 10.3 Å². The van der Waals surface area contributed by atoms with Crippen LogP contribution in [0.1, 0.15) is 40.0 Å². The first-order valence-corrected chi connectivity index (χ1v) is 9.95. The maximum Gasteiger partial charge on any atom is 0.260 e. The lowest BCUT2D eigenvalue weighted by Crippen LogP contribution is -2.24. The van der Waals surface area contributed by atoms with Crippen LogP contribution in [0.4, 0.5) is 10.1 Å². The van der Waals surface area contributed by atoms with E-state index < -0.39 is 11.7 Å². The summed E-state index contributed by atoms with van der Waals surface area (Å²) in [6.07, 6.45) is 2.64. The second-order valence-corrected chi connectivity index (χ2v) is 8.18. The van der Waals surface area contributed by atoms with Gasteiger partial charge in [-0.3, -0.25) is 9.59 Å². The number of benzene rings is 2. The highest BCUT2D eigenvalue weighted by molar-refractivity contribution is 7.22. The molecular formula is C20H16ClFN2O3S. The molecule has 5 nitrogen and oxygen atoms in total. The molecule has 1 saturated carbocycles. The lowest BCUT2D eigenvalue weighted by molar-refractivity contribution is 0.0856. The van der Waals surface area contributed by atoms with Crippen molar-refractivity contribution in [1.82, 2.24) is 4.98 Å². The molecule has 1 heterocycles. The number of ketones is 1. The minimum absolute atomic E-state index is 0.0700. The Morgan fingerprint density at radius 1 is 1.29 bits per heavy atom. The van der Waals surface area contributed by atoms with E-state index in [4.69, 9.17) is 16.3 Å². The van der Waals surface area contributed by atoms with Gasteiger partial charge in [0.25, 0.3) is 5.91 Å². The van der Waals surface area contributed by atoms with E-state index in [9.17, 15) is 14.0 Å². The second-order valence-electron chi connectivity index (χ2n) is 6.59. The van der Waals surface area contributed by atoms with Gasteiger partial charge in [0, 0.05) is 11.5 Å². The number of thiazole rings is 1. The van der Waals surface area contributed by atoms with Crippen molar-refractivity contribution in [3.63, 3.8) is 0 Å². The maximum atomic E-state index is 13.8. The number of ether oxygens (including phenoxy) is 1. The highest BCUT2D eigenvalue weighted by Crippen LogP contribution is 2.36. The molecule has 0 spiro atoms. The minimum atomic E-state index is -0.536. The average molecular weight is 419 g/mol. The van der Waals surface area contributed by atoms with Crippen molar-refractivity contribution < 1.29 is 18.7 Å². The molecule has 1 amide bonds. The van der Waals surface area contributed by atoms with Crippen LogP contribution < -0.4 is 10.1 Å². The number of amides is 1. The molecule has 2 aromatic carbocycles. The number of Topliss-reactive ketones (excluding diaryl/α,β-unsaturated/α-hetero) is 1. The molecule has 0 unspecified atom stereocenters. The van der Waals surface area contributed by atoms with Gasteiger partial charge in [-0.1, -0.05) is 18.0 Å². The molecule has 0 atom stereocenters. The molecule has 144 valence electrons. The van der Waals surface area contributed by atoms with Crippen molar-refractivity contribution >= 4 is 50.5 Å². The summed E-state index contributed by atoms with van der Waals surface area (Å²) in [5.74, 6) is -0.858. The van der Waals surface area contributed by atoms with Gasteiger partial charge in [-0.05, 0) is 43.2 Å². The molecule has 4 rings (SSSR count). The van der Waals surface area contributed by atoms with Crippen LogP contribution in [0.15, 0.2) is 30.3 Å². The number of rotatable bonds is 5. The van der Waals surface area contributed by atoms with Crippen molar-refractivity contribution in [2.24, 2.45) is 5.92 Å². The molecule has 0 saturated heterocycles. The minimum Gasteiger partial charge on any atom is -0.496 e. The van der Waals surface area contributed by atoms with Crippen molar-refractivity contribution in [2.45, 2.75) is 19.3 Å². The first-order valence-electron chi connectivity index (χ1n) is 8.76. The molecular weight excluding hydrogens is 403 g/mol. The fraction of sp³-hybridized carbons (Fsp3) is 0.250. The van der Waals surface area contributed by atoms with Crippen LogP contribution in [0, 0.1) is 11.7 Å². The Morgan fingerprint density at radius 2 is 2.07 bits per heavy atom. The van der Waals surface area contributed by atoms with Gasteiger partial charge >= 0.3 is 0 Å². The summed E-state index contributed by atoms with van der Waals surface area (Å²) < 4.78 is 20.0. The number of nitrogens with one attached hydrogen (secondary N) is 1. The van der Waals surface area contributed by atoms with Gasteiger partial charge in [0.2, 0.25) is 0 Å². The summed E-state index contributed by atoms with van der Waals surface area (Å²) in [4.78, 5) is 29.9. The van der Waals surface area contributed by atoms with Crippen LogP contribution in [-0.2, 0) is 0 Å². The number of fused-ring (bicyclic) bond motifs is 1. The lowest BCUT2D eigenvalue weighted by Gasteiger charge is -2.25. The van der Waals surface area contributed by atoms with Gasteiger partial charge in [-0.2, -0.15) is 0 Å². The Hall–Kier alpha value is -2.51. The van der Waals surface area contributed by atoms with E-state index in [1.807, 2.05) is 0 Å². The first kappa shape index (κ1) is 18.8. The molecule has 1 aliphatic rings. The Balaban J connectivity index is 1.74. The third-order valence-electron chi connectivity index (χ3n) is 4.91. The van der Waals surface area contributed by atoms with Gasteiger partial charge in [0.05, 0.1) is 23.0 Å². The maximum absolute atomic E-state index is 13.8. The van der Waals surface area contributed by atoms with Crippen LogP contribution in [-0.4, -0.2) is 23.8 Å². The van der Waals surface area contributed by atoms with E-state index in [-0.39, 0.29) is 23.0 Å². The predicted octanol–water partition coefficient (Wildman–Crippen LogP) is 5.33. The number of anilines is 1. The summed E-state index contributed by atoms with van der Waals surface area (Å²) >= 11 is 7.15. The highest BCUT2D eigenvalue weighted by Gasteiger charge is 2.29. The van der Waals surface area contributed by atoms with Gasteiger partial charge < -0.3 is 10.1 Å². The fourth-order valence-corrected chi connectivity index (χ4v) is 4.39. The summed E-state index contributed by atoms with van der Waals surface area (Å²) in [7, 11) is 1.45. The van der Waals surface area contributed by atoms with E-state index in [0.29, 0.717) is 26.0 Å². The largest absolute Gasteiger partial charge is 0.496 e. The van der Waals surface area contributed by atoms with Crippen molar-refractivity contribution in [3.05, 3.63) is 51.7 Å². The first-order chi connectivity index (χ1) is 13.5. The zero-order chi connectivity index (χ0) is 19.8. The number of hydrogen-bond acceptors (Lipinski definition) is 5. The van der Waals surface area contributed by atoms with Gasteiger partial charge in [0.1, 0.15) is 17.1 Å². The standard InChI is InChI=1S/C20H16ClFN2O3S/c1-27-15-8-7-13-18(28-20(21)24-13)16(15)19(26)23-14-9-11(22)5-6-12(14)17(25)10-3-2-4-10/h5-10H,2-4H2,1H3,(H,23,26). The molecule has 0 radical (unpaired) electrons. The Kier molecular flexibility index (Phi) is 5.03. The van der Waals surface area contributed by atoms with Crippen LogP contribution in [0.2, 0.25) is 4.47 Å². The Labute approximate surface area is 169 Å². The number of aromatic nitrogens is 1. The molecule has 1 aliphatic carbocycles. The van der Waals surface area contributed by atoms with E-state index in [2.05, 4.69) is 10.3 Å². The molecule has 1 fully saturated rings. The third kappa shape index (κ3) is 3.36. The molecule has 0 bridgehead atoms. The molecule has 8 heteroatoms. The Morgan fingerprint density at radius 3 is 2.75 bits per heavy atom. The SMILES string of the molecule is COc1ccc2nc(Cl)sc2c1C(=O)Nc1cc(F)ccc1C(=O)C1CCC1. The number of methoxy groups -OCH3 is 1. The summed E-state index contributed by atoms with van der Waals surface area (Å²) in [6, 6.07) is 7.15. The molecule has 0 aliphatic heterocycles. The molecule has 1 N–H and O–H groups in total. The quantitative estimate of drug-likeness (QED) is 0.568. The van der Waals surface area contributed by atoms with Crippen LogP contribution >= 0.6 is 22.9 Å². The Bertz CT molecular complexity index is 1090.